The van der Waals surface area contributed by atoms with Crippen molar-refractivity contribution in [3.05, 3.63) is 29.8 Å². The van der Waals surface area contributed by atoms with Gasteiger partial charge in [-0.25, -0.2) is 4.79 Å². The Labute approximate surface area is 148 Å². The van der Waals surface area contributed by atoms with Crippen LogP contribution in [-0.2, 0) is 14.3 Å². The summed E-state index contributed by atoms with van der Waals surface area (Å²) < 4.78 is 15.5. The summed E-state index contributed by atoms with van der Waals surface area (Å²) in [5.41, 5.74) is 0.452. The van der Waals surface area contributed by atoms with Crippen molar-refractivity contribution in [1.29, 1.82) is 0 Å². The number of H-pyrrole nitrogens is 1. The number of benzene rings is 1. The van der Waals surface area contributed by atoms with E-state index in [0.29, 0.717) is 23.1 Å². The van der Waals surface area contributed by atoms with Gasteiger partial charge in [0.25, 0.3) is 0 Å². The molecule has 0 aliphatic carbocycles. The summed E-state index contributed by atoms with van der Waals surface area (Å²) in [5.74, 6) is -0.203. The van der Waals surface area contributed by atoms with Gasteiger partial charge >= 0.3 is 11.9 Å². The number of esters is 2. The van der Waals surface area contributed by atoms with E-state index >= 15 is 0 Å². The van der Waals surface area contributed by atoms with Crippen LogP contribution in [0.2, 0.25) is 0 Å². The minimum atomic E-state index is -0.457. The molecular weight excluding hydrogens is 348 g/mol. The van der Waals surface area contributed by atoms with Gasteiger partial charge in [0.2, 0.25) is 5.16 Å². The number of aromatic amines is 1. The molecule has 0 radical (unpaired) electrons. The minimum Gasteiger partial charge on any atom is -0.490 e. The lowest BCUT2D eigenvalue weighted by molar-refractivity contribution is -0.143. The third-order valence-electron chi connectivity index (χ3n) is 2.90. The van der Waals surface area contributed by atoms with Gasteiger partial charge in [0.15, 0.2) is 0 Å². The molecule has 1 heterocycles. The van der Waals surface area contributed by atoms with Crippen LogP contribution in [0.25, 0.3) is 0 Å². The van der Waals surface area contributed by atoms with Gasteiger partial charge in [0, 0.05) is 0 Å². The molecule has 1 aromatic carbocycles. The second-order valence-electron chi connectivity index (χ2n) is 4.72. The summed E-state index contributed by atoms with van der Waals surface area (Å²) in [6, 6.07) is 6.54. The minimum absolute atomic E-state index is 0.107. The van der Waals surface area contributed by atoms with Gasteiger partial charge in [-0.15, -0.1) is 10.2 Å². The average molecular weight is 366 g/mol. The number of tetrazole rings is 1. The van der Waals surface area contributed by atoms with E-state index in [-0.39, 0.29) is 19.2 Å². The molecule has 0 saturated heterocycles. The van der Waals surface area contributed by atoms with E-state index in [2.05, 4.69) is 20.6 Å². The van der Waals surface area contributed by atoms with Crippen LogP contribution in [0.5, 0.6) is 5.75 Å². The first kappa shape index (κ1) is 18.7. The van der Waals surface area contributed by atoms with E-state index < -0.39 is 11.2 Å². The van der Waals surface area contributed by atoms with E-state index in [1.54, 1.807) is 38.1 Å². The highest BCUT2D eigenvalue weighted by Crippen LogP contribution is 2.18. The molecule has 0 amide bonds. The molecule has 1 aromatic heterocycles. The summed E-state index contributed by atoms with van der Waals surface area (Å²) >= 11 is 1.15. The Balaban J connectivity index is 1.68. The fourth-order valence-electron chi connectivity index (χ4n) is 1.73. The number of ether oxygens (including phenoxy) is 3. The standard InChI is InChI=1S/C15H18N4O5S/c1-3-22-14(21)11-4-6-12(7-5-11)23-8-9-24-13(20)10(2)25-15-16-18-19-17-15/h4-7,10H,3,8-9H2,1-2H3,(H,16,17,18,19). The number of nitrogens with zero attached hydrogens (tertiary/aromatic N) is 3. The van der Waals surface area contributed by atoms with Crippen molar-refractivity contribution in [2.45, 2.75) is 24.3 Å². The van der Waals surface area contributed by atoms with Gasteiger partial charge in [-0.3, -0.25) is 4.79 Å². The smallest absolute Gasteiger partial charge is 0.338 e. The Bertz CT molecular complexity index is 678. The van der Waals surface area contributed by atoms with Crippen LogP contribution in [0.4, 0.5) is 0 Å². The lowest BCUT2D eigenvalue weighted by Crippen LogP contribution is -2.20. The van der Waals surface area contributed by atoms with Crippen molar-refractivity contribution in [2.24, 2.45) is 0 Å². The molecule has 0 bridgehead atoms. The molecule has 0 aliphatic heterocycles. The van der Waals surface area contributed by atoms with Crippen LogP contribution < -0.4 is 4.74 Å². The van der Waals surface area contributed by atoms with E-state index in [1.807, 2.05) is 0 Å². The topological polar surface area (TPSA) is 116 Å². The first-order chi connectivity index (χ1) is 12.1. The molecule has 2 rings (SSSR count). The molecule has 2 aromatic rings. The number of nitrogens with one attached hydrogen (secondary N) is 1. The zero-order chi connectivity index (χ0) is 18.1. The Morgan fingerprint density at radius 3 is 2.60 bits per heavy atom. The van der Waals surface area contributed by atoms with E-state index in [0.717, 1.165) is 11.8 Å². The van der Waals surface area contributed by atoms with E-state index in [4.69, 9.17) is 14.2 Å². The Morgan fingerprint density at radius 1 is 1.20 bits per heavy atom. The molecule has 0 aliphatic rings. The van der Waals surface area contributed by atoms with Crippen LogP contribution in [-0.4, -0.2) is 57.6 Å². The van der Waals surface area contributed by atoms with E-state index in [9.17, 15) is 9.59 Å². The number of carbonyl (C=O) groups excluding carboxylic acids is 2. The van der Waals surface area contributed by atoms with Crippen molar-refractivity contribution in [1.82, 2.24) is 20.6 Å². The van der Waals surface area contributed by atoms with Crippen LogP contribution in [0.3, 0.4) is 0 Å². The van der Waals surface area contributed by atoms with Crippen molar-refractivity contribution >= 4 is 23.7 Å². The van der Waals surface area contributed by atoms with Crippen molar-refractivity contribution in [3.63, 3.8) is 0 Å². The molecule has 1 unspecified atom stereocenters. The largest absolute Gasteiger partial charge is 0.490 e. The molecule has 25 heavy (non-hydrogen) atoms. The third kappa shape index (κ3) is 6.07. The van der Waals surface area contributed by atoms with Gasteiger partial charge in [-0.05, 0) is 43.3 Å². The van der Waals surface area contributed by atoms with Gasteiger partial charge in [-0.2, -0.15) is 5.21 Å². The van der Waals surface area contributed by atoms with Crippen molar-refractivity contribution < 1.29 is 23.8 Å². The number of rotatable bonds is 9. The quantitative estimate of drug-likeness (QED) is 0.400. The normalized spacial score (nSPS) is 11.6. The first-order valence-corrected chi connectivity index (χ1v) is 8.45. The summed E-state index contributed by atoms with van der Waals surface area (Å²) in [6.45, 7) is 4.07. The van der Waals surface area contributed by atoms with Crippen molar-refractivity contribution in [3.8, 4) is 5.75 Å². The number of carbonyl (C=O) groups is 2. The lowest BCUT2D eigenvalue weighted by atomic mass is 10.2. The van der Waals surface area contributed by atoms with Gasteiger partial charge in [-0.1, -0.05) is 11.8 Å². The van der Waals surface area contributed by atoms with Crippen LogP contribution in [0.15, 0.2) is 29.4 Å². The zero-order valence-corrected chi connectivity index (χ0v) is 14.6. The van der Waals surface area contributed by atoms with E-state index in [1.165, 1.54) is 0 Å². The highest BCUT2D eigenvalue weighted by Gasteiger charge is 2.18. The second-order valence-corrected chi connectivity index (χ2v) is 6.02. The monoisotopic (exact) mass is 366 g/mol. The summed E-state index contributed by atoms with van der Waals surface area (Å²) in [6.07, 6.45) is 0. The fraction of sp³-hybridized carbons (Fsp3) is 0.400. The molecule has 0 spiro atoms. The molecular formula is C15H18N4O5S. The first-order valence-electron chi connectivity index (χ1n) is 7.57. The van der Waals surface area contributed by atoms with Crippen LogP contribution in [0, 0.1) is 0 Å². The van der Waals surface area contributed by atoms with Crippen LogP contribution >= 0.6 is 11.8 Å². The molecule has 9 nitrogen and oxygen atoms in total. The Hall–Kier alpha value is -2.62. The number of aromatic nitrogens is 4. The summed E-state index contributed by atoms with van der Waals surface area (Å²) in [4.78, 5) is 23.4. The Morgan fingerprint density at radius 2 is 1.96 bits per heavy atom. The highest BCUT2D eigenvalue weighted by molar-refractivity contribution is 8.00. The predicted molar refractivity (Wildman–Crippen MR) is 88.3 cm³/mol. The number of hydrogen-bond acceptors (Lipinski definition) is 9. The zero-order valence-electron chi connectivity index (χ0n) is 13.8. The Kier molecular flexibility index (Phi) is 7.20. The molecule has 0 saturated carbocycles. The second kappa shape index (κ2) is 9.62. The predicted octanol–water partition coefficient (Wildman–Crippen LogP) is 1.48. The fourth-order valence-corrected chi connectivity index (χ4v) is 2.39. The van der Waals surface area contributed by atoms with Crippen LogP contribution in [0.1, 0.15) is 24.2 Å². The number of hydrogen-bond donors (Lipinski definition) is 1. The molecule has 134 valence electrons. The molecule has 1 N–H and O–H groups in total. The lowest BCUT2D eigenvalue weighted by Gasteiger charge is -2.10. The molecule has 0 fully saturated rings. The SMILES string of the molecule is CCOC(=O)c1ccc(OCCOC(=O)C(C)Sc2nn[nH]n2)cc1. The maximum absolute atomic E-state index is 11.8. The average Bonchev–Trinajstić information content (AvgIpc) is 3.12. The van der Waals surface area contributed by atoms with Gasteiger partial charge in [0.05, 0.1) is 12.2 Å². The van der Waals surface area contributed by atoms with Gasteiger partial charge in [0.1, 0.15) is 24.2 Å². The van der Waals surface area contributed by atoms with Gasteiger partial charge < -0.3 is 14.2 Å². The van der Waals surface area contributed by atoms with Crippen molar-refractivity contribution in [2.75, 3.05) is 19.8 Å². The summed E-state index contributed by atoms with van der Waals surface area (Å²) in [5, 5.41) is 13.2. The molecule has 1 atom stereocenters. The third-order valence-corrected chi connectivity index (χ3v) is 3.83. The highest BCUT2D eigenvalue weighted by atomic mass is 32.2. The maximum atomic E-state index is 11.8. The maximum Gasteiger partial charge on any atom is 0.338 e. The molecule has 10 heteroatoms. The summed E-state index contributed by atoms with van der Waals surface area (Å²) in [7, 11) is 0. The number of thioether (sulfide) groups is 1.